The molecule has 1 aromatic carbocycles. The van der Waals surface area contributed by atoms with E-state index >= 15 is 0 Å². The van der Waals surface area contributed by atoms with E-state index in [9.17, 15) is 13.2 Å². The van der Waals surface area contributed by atoms with Crippen LogP contribution in [-0.2, 0) is 10.0 Å². The van der Waals surface area contributed by atoms with E-state index in [1.165, 1.54) is 6.07 Å². The quantitative estimate of drug-likeness (QED) is 0.866. The SMILES string of the molecule is CC(C)[C@H](C)NC(=O)c1cccc(NS(C)(=O)=O)c1. The Morgan fingerprint density at radius 2 is 1.84 bits per heavy atom. The van der Waals surface area contributed by atoms with Crippen LogP contribution in [0.4, 0.5) is 5.69 Å². The second kappa shape index (κ2) is 6.06. The molecule has 0 heterocycles. The average Bonchev–Trinajstić information content (AvgIpc) is 2.26. The molecule has 1 rings (SSSR count). The zero-order valence-corrected chi connectivity index (χ0v) is 12.4. The van der Waals surface area contributed by atoms with Gasteiger partial charge in [0.15, 0.2) is 0 Å². The summed E-state index contributed by atoms with van der Waals surface area (Å²) in [6.07, 6.45) is 1.07. The van der Waals surface area contributed by atoms with E-state index in [1.807, 2.05) is 20.8 Å². The monoisotopic (exact) mass is 284 g/mol. The van der Waals surface area contributed by atoms with Crippen LogP contribution in [0.15, 0.2) is 24.3 Å². The van der Waals surface area contributed by atoms with Crippen LogP contribution in [0.3, 0.4) is 0 Å². The van der Waals surface area contributed by atoms with Gasteiger partial charge in [0.25, 0.3) is 5.91 Å². The lowest BCUT2D eigenvalue weighted by molar-refractivity contribution is 0.0930. The number of nitrogens with one attached hydrogen (secondary N) is 2. The van der Waals surface area contributed by atoms with Crippen molar-refractivity contribution >= 4 is 21.6 Å². The van der Waals surface area contributed by atoms with Crippen molar-refractivity contribution in [1.29, 1.82) is 0 Å². The van der Waals surface area contributed by atoms with Gasteiger partial charge in [-0.15, -0.1) is 0 Å². The molecule has 0 saturated heterocycles. The highest BCUT2D eigenvalue weighted by Gasteiger charge is 2.13. The maximum Gasteiger partial charge on any atom is 0.251 e. The average molecular weight is 284 g/mol. The summed E-state index contributed by atoms with van der Waals surface area (Å²) in [5.74, 6) is 0.125. The van der Waals surface area contributed by atoms with E-state index in [1.54, 1.807) is 18.2 Å². The molecule has 1 atom stereocenters. The van der Waals surface area contributed by atoms with Gasteiger partial charge in [0.1, 0.15) is 0 Å². The molecule has 1 amide bonds. The van der Waals surface area contributed by atoms with E-state index < -0.39 is 10.0 Å². The Kier molecular flexibility index (Phi) is 4.94. The molecule has 19 heavy (non-hydrogen) atoms. The summed E-state index contributed by atoms with van der Waals surface area (Å²) in [5.41, 5.74) is 0.813. The minimum Gasteiger partial charge on any atom is -0.349 e. The van der Waals surface area contributed by atoms with Crippen molar-refractivity contribution in [1.82, 2.24) is 5.32 Å². The Hall–Kier alpha value is -1.56. The lowest BCUT2D eigenvalue weighted by Gasteiger charge is -2.17. The Bertz CT molecular complexity index is 553. The van der Waals surface area contributed by atoms with Gasteiger partial charge in [-0.1, -0.05) is 19.9 Å². The van der Waals surface area contributed by atoms with Crippen LogP contribution in [0, 0.1) is 5.92 Å². The summed E-state index contributed by atoms with van der Waals surface area (Å²) in [6.45, 7) is 5.97. The summed E-state index contributed by atoms with van der Waals surface area (Å²) in [5, 5.41) is 2.87. The number of anilines is 1. The van der Waals surface area contributed by atoms with Gasteiger partial charge in [-0.3, -0.25) is 9.52 Å². The molecule has 106 valence electrons. The number of sulfonamides is 1. The van der Waals surface area contributed by atoms with Crippen LogP contribution in [-0.4, -0.2) is 26.6 Å². The number of carbonyl (C=O) groups excluding carboxylic acids is 1. The van der Waals surface area contributed by atoms with Crippen LogP contribution in [0.1, 0.15) is 31.1 Å². The third-order valence-corrected chi connectivity index (χ3v) is 3.39. The molecular weight excluding hydrogens is 264 g/mol. The normalized spacial score (nSPS) is 13.1. The summed E-state index contributed by atoms with van der Waals surface area (Å²) in [7, 11) is -3.34. The van der Waals surface area contributed by atoms with Crippen LogP contribution in [0.2, 0.25) is 0 Å². The minimum atomic E-state index is -3.34. The van der Waals surface area contributed by atoms with Crippen LogP contribution >= 0.6 is 0 Å². The second-order valence-corrected chi connectivity index (χ2v) is 6.71. The maximum atomic E-state index is 12.0. The van der Waals surface area contributed by atoms with Gasteiger partial charge in [-0.2, -0.15) is 0 Å². The molecule has 6 heteroatoms. The molecule has 0 aliphatic heterocycles. The molecule has 0 aliphatic carbocycles. The van der Waals surface area contributed by atoms with Gasteiger partial charge in [0, 0.05) is 17.3 Å². The van der Waals surface area contributed by atoms with E-state index in [0.717, 1.165) is 6.26 Å². The molecule has 0 aliphatic rings. The van der Waals surface area contributed by atoms with Crippen LogP contribution < -0.4 is 10.0 Å². The van der Waals surface area contributed by atoms with Crippen LogP contribution in [0.25, 0.3) is 0 Å². The zero-order valence-electron chi connectivity index (χ0n) is 11.6. The number of amides is 1. The van der Waals surface area contributed by atoms with E-state index in [4.69, 9.17) is 0 Å². The molecule has 0 spiro atoms. The lowest BCUT2D eigenvalue weighted by Crippen LogP contribution is -2.36. The predicted molar refractivity (Wildman–Crippen MR) is 76.7 cm³/mol. The maximum absolute atomic E-state index is 12.0. The molecule has 0 unspecified atom stereocenters. The Labute approximate surface area is 114 Å². The molecule has 0 aromatic heterocycles. The lowest BCUT2D eigenvalue weighted by atomic mass is 10.1. The zero-order chi connectivity index (χ0) is 14.6. The highest BCUT2D eigenvalue weighted by Crippen LogP contribution is 2.12. The molecule has 0 bridgehead atoms. The summed E-state index contributed by atoms with van der Waals surface area (Å²) in [6, 6.07) is 6.46. The fraction of sp³-hybridized carbons (Fsp3) is 0.462. The van der Waals surface area contributed by atoms with Gasteiger partial charge in [-0.05, 0) is 31.0 Å². The van der Waals surface area contributed by atoms with Gasteiger partial charge in [0.05, 0.1) is 6.26 Å². The number of carbonyl (C=O) groups is 1. The Balaban J connectivity index is 2.84. The first kappa shape index (κ1) is 15.5. The largest absolute Gasteiger partial charge is 0.349 e. The predicted octanol–water partition coefficient (Wildman–Crippen LogP) is 1.83. The van der Waals surface area contributed by atoms with Gasteiger partial charge < -0.3 is 5.32 Å². The number of benzene rings is 1. The third-order valence-electron chi connectivity index (χ3n) is 2.79. The highest BCUT2D eigenvalue weighted by atomic mass is 32.2. The summed E-state index contributed by atoms with van der Waals surface area (Å²) >= 11 is 0. The fourth-order valence-corrected chi connectivity index (χ4v) is 1.95. The van der Waals surface area contributed by atoms with Crippen molar-refractivity contribution in [2.75, 3.05) is 11.0 Å². The molecule has 0 saturated carbocycles. The molecule has 1 aromatic rings. The fourth-order valence-electron chi connectivity index (χ4n) is 1.39. The summed E-state index contributed by atoms with van der Waals surface area (Å²) < 4.78 is 24.6. The van der Waals surface area contributed by atoms with E-state index in [0.29, 0.717) is 17.2 Å². The minimum absolute atomic E-state index is 0.0547. The van der Waals surface area contributed by atoms with Crippen LogP contribution in [0.5, 0.6) is 0 Å². The molecule has 2 N–H and O–H groups in total. The van der Waals surface area contributed by atoms with Gasteiger partial charge >= 0.3 is 0 Å². The number of hydrogen-bond donors (Lipinski definition) is 2. The standard InChI is InChI=1S/C13H20N2O3S/c1-9(2)10(3)14-13(16)11-6-5-7-12(8-11)15-19(4,17)18/h5-10,15H,1-4H3,(H,14,16)/t10-/m0/s1. The molecule has 0 fully saturated rings. The first-order valence-electron chi connectivity index (χ1n) is 6.08. The van der Waals surface area contributed by atoms with Gasteiger partial charge in [-0.25, -0.2) is 8.42 Å². The third kappa shape index (κ3) is 5.30. The number of rotatable bonds is 5. The van der Waals surface area contributed by atoms with Crippen molar-refractivity contribution in [3.8, 4) is 0 Å². The van der Waals surface area contributed by atoms with Crippen molar-refractivity contribution in [2.24, 2.45) is 5.92 Å². The highest BCUT2D eigenvalue weighted by molar-refractivity contribution is 7.92. The van der Waals surface area contributed by atoms with E-state index in [2.05, 4.69) is 10.0 Å². The second-order valence-electron chi connectivity index (χ2n) is 4.96. The topological polar surface area (TPSA) is 75.3 Å². The van der Waals surface area contributed by atoms with E-state index in [-0.39, 0.29) is 11.9 Å². The van der Waals surface area contributed by atoms with Gasteiger partial charge in [0.2, 0.25) is 10.0 Å². The van der Waals surface area contributed by atoms with Crippen molar-refractivity contribution in [3.05, 3.63) is 29.8 Å². The molecule has 5 nitrogen and oxygen atoms in total. The first-order chi connectivity index (χ1) is 8.69. The van der Waals surface area contributed by atoms with Crippen molar-refractivity contribution in [2.45, 2.75) is 26.8 Å². The first-order valence-corrected chi connectivity index (χ1v) is 7.97. The smallest absolute Gasteiger partial charge is 0.251 e. The Morgan fingerprint density at radius 1 is 1.21 bits per heavy atom. The Morgan fingerprint density at radius 3 is 2.37 bits per heavy atom. The van der Waals surface area contributed by atoms with Crippen molar-refractivity contribution < 1.29 is 13.2 Å². The number of hydrogen-bond acceptors (Lipinski definition) is 3. The van der Waals surface area contributed by atoms with Crippen molar-refractivity contribution in [3.63, 3.8) is 0 Å². The summed E-state index contributed by atoms with van der Waals surface area (Å²) in [4.78, 5) is 12.0. The molecular formula is C13H20N2O3S. The molecule has 0 radical (unpaired) electrons.